The molecule has 2 atom stereocenters. The first-order chi connectivity index (χ1) is 14.1. The Kier molecular flexibility index (Phi) is 5.78. The van der Waals surface area contributed by atoms with E-state index in [-0.39, 0.29) is 40.2 Å². The van der Waals surface area contributed by atoms with E-state index in [9.17, 15) is 20.0 Å². The molecule has 1 amide bonds. The van der Waals surface area contributed by atoms with Crippen molar-refractivity contribution in [3.8, 4) is 11.5 Å². The molecule has 0 spiro atoms. The highest BCUT2D eigenvalue weighted by atomic mass is 16.6. The lowest BCUT2D eigenvalue weighted by atomic mass is 9.86. The molecule has 8 heteroatoms. The SMILES string of the molecule is COc1cc([N+](=O)[O-])cc(/C=N/NC(=O)[C@@H]2C[C@H]2c2ccc(C(C)(C)C)cc2)c1[O-]. The van der Waals surface area contributed by atoms with Gasteiger partial charge in [0.15, 0.2) is 0 Å². The molecule has 2 aromatic carbocycles. The summed E-state index contributed by atoms with van der Waals surface area (Å²) in [4.78, 5) is 22.7. The van der Waals surface area contributed by atoms with Crippen LogP contribution in [0.25, 0.3) is 0 Å². The predicted octanol–water partition coefficient (Wildman–Crippen LogP) is 3.23. The molecule has 0 aliphatic heterocycles. The number of nitrogens with one attached hydrogen (secondary N) is 1. The van der Waals surface area contributed by atoms with Gasteiger partial charge < -0.3 is 9.84 Å². The van der Waals surface area contributed by atoms with E-state index >= 15 is 0 Å². The zero-order chi connectivity index (χ0) is 22.1. The largest absolute Gasteiger partial charge is 0.870 e. The van der Waals surface area contributed by atoms with Gasteiger partial charge in [-0.25, -0.2) is 5.43 Å². The number of nitro benzene ring substituents is 1. The minimum Gasteiger partial charge on any atom is -0.870 e. The third kappa shape index (κ3) is 4.59. The number of carbonyl (C=O) groups excluding carboxylic acids is 1. The van der Waals surface area contributed by atoms with E-state index in [4.69, 9.17) is 4.74 Å². The highest BCUT2D eigenvalue weighted by Crippen LogP contribution is 2.47. The number of rotatable bonds is 6. The molecule has 158 valence electrons. The van der Waals surface area contributed by atoms with E-state index in [1.54, 1.807) is 0 Å². The van der Waals surface area contributed by atoms with Crippen molar-refractivity contribution in [3.63, 3.8) is 0 Å². The lowest BCUT2D eigenvalue weighted by molar-refractivity contribution is -0.385. The third-order valence-electron chi connectivity index (χ3n) is 5.21. The van der Waals surface area contributed by atoms with Crippen molar-refractivity contribution in [1.82, 2.24) is 5.43 Å². The Morgan fingerprint density at radius 2 is 1.93 bits per heavy atom. The van der Waals surface area contributed by atoms with Crippen LogP contribution in [-0.2, 0) is 10.2 Å². The molecular formula is C22H24N3O5-. The molecule has 1 aliphatic carbocycles. The molecule has 0 saturated heterocycles. The quantitative estimate of drug-likeness (QED) is 0.446. The Balaban J connectivity index is 1.64. The minimum absolute atomic E-state index is 0.0357. The van der Waals surface area contributed by atoms with Gasteiger partial charge in [0, 0.05) is 12.0 Å². The van der Waals surface area contributed by atoms with Crippen molar-refractivity contribution in [2.75, 3.05) is 7.11 Å². The fourth-order valence-corrected chi connectivity index (χ4v) is 3.29. The molecule has 1 fully saturated rings. The van der Waals surface area contributed by atoms with Crippen LogP contribution in [0.5, 0.6) is 11.5 Å². The Bertz CT molecular complexity index is 993. The highest BCUT2D eigenvalue weighted by molar-refractivity contribution is 5.88. The standard InChI is InChI=1S/C22H25N3O5/c1-22(2,3)15-7-5-13(6-8-15)17-11-18(17)21(27)24-23-12-14-9-16(25(28)29)10-19(30-4)20(14)26/h5-10,12,17-18,26H,11H2,1-4H3,(H,24,27)/p-1/b23-12+/t17-,18+/m0/s1. The molecule has 1 saturated carbocycles. The Morgan fingerprint density at radius 3 is 2.50 bits per heavy atom. The van der Waals surface area contributed by atoms with Crippen LogP contribution in [-0.4, -0.2) is 24.2 Å². The van der Waals surface area contributed by atoms with Crippen molar-refractivity contribution < 1.29 is 19.6 Å². The van der Waals surface area contributed by atoms with Gasteiger partial charge in [-0.3, -0.25) is 14.9 Å². The predicted molar refractivity (Wildman–Crippen MR) is 111 cm³/mol. The van der Waals surface area contributed by atoms with Gasteiger partial charge >= 0.3 is 0 Å². The van der Waals surface area contributed by atoms with Crippen LogP contribution in [0.3, 0.4) is 0 Å². The topological polar surface area (TPSA) is 117 Å². The average molecular weight is 410 g/mol. The number of hydrazone groups is 1. The van der Waals surface area contributed by atoms with Crippen molar-refractivity contribution >= 4 is 17.8 Å². The van der Waals surface area contributed by atoms with Crippen LogP contribution in [0.15, 0.2) is 41.5 Å². The normalized spacial score (nSPS) is 18.3. The fourth-order valence-electron chi connectivity index (χ4n) is 3.29. The maximum atomic E-state index is 12.4. The van der Waals surface area contributed by atoms with E-state index in [0.29, 0.717) is 0 Å². The summed E-state index contributed by atoms with van der Waals surface area (Å²) in [5.74, 6) is -0.987. The molecular weight excluding hydrogens is 386 g/mol. The Morgan fingerprint density at radius 1 is 1.27 bits per heavy atom. The van der Waals surface area contributed by atoms with E-state index in [2.05, 4.69) is 55.6 Å². The van der Waals surface area contributed by atoms with Crippen molar-refractivity contribution in [3.05, 3.63) is 63.2 Å². The smallest absolute Gasteiger partial charge is 0.273 e. The molecule has 0 heterocycles. The van der Waals surface area contributed by atoms with Crippen LogP contribution in [0.4, 0.5) is 5.69 Å². The van der Waals surface area contributed by atoms with Gasteiger partial charge in [0.2, 0.25) is 5.91 Å². The number of nitro groups is 1. The first-order valence-corrected chi connectivity index (χ1v) is 9.58. The lowest BCUT2D eigenvalue weighted by Crippen LogP contribution is -2.20. The number of methoxy groups -OCH3 is 1. The van der Waals surface area contributed by atoms with Gasteiger partial charge in [0.1, 0.15) is 5.75 Å². The summed E-state index contributed by atoms with van der Waals surface area (Å²) in [5.41, 5.74) is 4.51. The molecule has 3 rings (SSSR count). The second-order valence-corrected chi connectivity index (χ2v) is 8.38. The van der Waals surface area contributed by atoms with E-state index < -0.39 is 10.7 Å². The van der Waals surface area contributed by atoms with Crippen molar-refractivity contribution in [2.45, 2.75) is 38.5 Å². The van der Waals surface area contributed by atoms with Crippen LogP contribution >= 0.6 is 0 Å². The summed E-state index contributed by atoms with van der Waals surface area (Å²) in [6.45, 7) is 6.45. The average Bonchev–Trinajstić information content (AvgIpc) is 3.49. The minimum atomic E-state index is -0.627. The lowest BCUT2D eigenvalue weighted by Gasteiger charge is -2.19. The maximum Gasteiger partial charge on any atom is 0.273 e. The monoisotopic (exact) mass is 410 g/mol. The Labute approximate surface area is 174 Å². The zero-order valence-electron chi connectivity index (χ0n) is 17.3. The van der Waals surface area contributed by atoms with Gasteiger partial charge in [-0.2, -0.15) is 5.10 Å². The van der Waals surface area contributed by atoms with Gasteiger partial charge in [0.05, 0.1) is 24.3 Å². The molecule has 0 aromatic heterocycles. The van der Waals surface area contributed by atoms with Crippen molar-refractivity contribution in [1.29, 1.82) is 0 Å². The molecule has 1 aliphatic rings. The highest BCUT2D eigenvalue weighted by Gasteiger charge is 2.44. The number of hydrogen-bond donors (Lipinski definition) is 1. The molecule has 0 radical (unpaired) electrons. The van der Waals surface area contributed by atoms with Gasteiger partial charge in [-0.15, -0.1) is 0 Å². The summed E-state index contributed by atoms with van der Waals surface area (Å²) >= 11 is 0. The summed E-state index contributed by atoms with van der Waals surface area (Å²) in [5, 5.41) is 27.0. The number of carbonyl (C=O) groups is 1. The van der Waals surface area contributed by atoms with E-state index in [1.165, 1.54) is 12.7 Å². The molecule has 1 N–H and O–H groups in total. The number of hydrogen-bond acceptors (Lipinski definition) is 6. The summed E-state index contributed by atoms with van der Waals surface area (Å²) < 4.78 is 4.88. The van der Waals surface area contributed by atoms with Gasteiger partial charge in [0.25, 0.3) is 5.69 Å². The first kappa shape index (κ1) is 21.3. The van der Waals surface area contributed by atoms with Crippen LogP contribution in [0, 0.1) is 16.0 Å². The summed E-state index contributed by atoms with van der Waals surface area (Å²) in [7, 11) is 1.25. The van der Waals surface area contributed by atoms with Gasteiger partial charge in [-0.1, -0.05) is 50.8 Å². The van der Waals surface area contributed by atoms with E-state index in [1.807, 2.05) is 0 Å². The number of amides is 1. The molecule has 8 nitrogen and oxygen atoms in total. The third-order valence-corrected chi connectivity index (χ3v) is 5.21. The molecule has 2 aromatic rings. The molecule has 0 bridgehead atoms. The second kappa shape index (κ2) is 8.14. The fraction of sp³-hybridized carbons (Fsp3) is 0.364. The maximum absolute atomic E-state index is 12.4. The molecule has 30 heavy (non-hydrogen) atoms. The molecule has 0 unspecified atom stereocenters. The second-order valence-electron chi connectivity index (χ2n) is 8.38. The van der Waals surface area contributed by atoms with E-state index in [0.717, 1.165) is 30.3 Å². The van der Waals surface area contributed by atoms with Crippen molar-refractivity contribution in [2.24, 2.45) is 11.0 Å². The van der Waals surface area contributed by atoms with Crippen LogP contribution < -0.4 is 15.3 Å². The Hall–Kier alpha value is -3.42. The zero-order valence-corrected chi connectivity index (χ0v) is 17.3. The summed E-state index contributed by atoms with van der Waals surface area (Å²) in [6.07, 6.45) is 1.83. The first-order valence-electron chi connectivity index (χ1n) is 9.58. The number of non-ortho nitro benzene ring substituents is 1. The number of nitrogens with zero attached hydrogens (tertiary/aromatic N) is 2. The van der Waals surface area contributed by atoms with Crippen LogP contribution in [0.1, 0.15) is 49.8 Å². The number of ether oxygens (including phenoxy) is 1. The van der Waals surface area contributed by atoms with Crippen LogP contribution in [0.2, 0.25) is 0 Å². The van der Waals surface area contributed by atoms with Gasteiger partial charge in [-0.05, 0) is 34.4 Å². The number of benzene rings is 2. The summed E-state index contributed by atoms with van der Waals surface area (Å²) in [6, 6.07) is 10.4.